The highest BCUT2D eigenvalue weighted by Crippen LogP contribution is 2.12. The summed E-state index contributed by atoms with van der Waals surface area (Å²) in [7, 11) is -3.74. The van der Waals surface area contributed by atoms with Gasteiger partial charge in [-0.2, -0.15) is 0 Å². The Hall–Kier alpha value is -3.04. The number of likely N-dealkylation sites (N-methyl/N-ethyl adjacent to an activating group) is 1. The molecule has 0 aliphatic carbocycles. The molecule has 0 fully saturated rings. The van der Waals surface area contributed by atoms with E-state index in [9.17, 15) is 22.8 Å². The molecule has 31 heavy (non-hydrogen) atoms. The molecule has 0 saturated heterocycles. The van der Waals surface area contributed by atoms with Gasteiger partial charge in [-0.15, -0.1) is 0 Å². The lowest BCUT2D eigenvalue weighted by Gasteiger charge is -2.18. The van der Waals surface area contributed by atoms with Crippen LogP contribution >= 0.6 is 0 Å². The molecule has 0 heterocycles. The van der Waals surface area contributed by atoms with Crippen LogP contribution in [0.2, 0.25) is 0 Å². The van der Waals surface area contributed by atoms with E-state index in [2.05, 4.69) is 10.0 Å². The maximum absolute atomic E-state index is 12.4. The van der Waals surface area contributed by atoms with Crippen LogP contribution in [0.3, 0.4) is 0 Å². The number of hydrogen-bond acceptors (Lipinski definition) is 5. The first-order valence-corrected chi connectivity index (χ1v) is 11.4. The molecule has 2 aromatic carbocycles. The summed E-state index contributed by atoms with van der Waals surface area (Å²) < 4.78 is 27.3. The summed E-state index contributed by atoms with van der Waals surface area (Å²) in [6.45, 7) is 6.28. The lowest BCUT2D eigenvalue weighted by Crippen LogP contribution is -2.40. The average Bonchev–Trinajstić information content (AvgIpc) is 2.77. The highest BCUT2D eigenvalue weighted by Gasteiger charge is 2.15. The van der Waals surface area contributed by atoms with Crippen LogP contribution in [0.5, 0.6) is 0 Å². The molecule has 8 nitrogen and oxygen atoms in total. The molecule has 0 spiro atoms. The number of Topliss-reactive ketones (excluding diaryl/α,β-unsaturated/α-hetero) is 1. The van der Waals surface area contributed by atoms with Gasteiger partial charge in [0.25, 0.3) is 5.91 Å². The number of nitrogens with zero attached hydrogens (tertiary/aromatic N) is 1. The van der Waals surface area contributed by atoms with Gasteiger partial charge < -0.3 is 10.2 Å². The monoisotopic (exact) mass is 445 g/mol. The third-order valence-electron chi connectivity index (χ3n) is 4.77. The Morgan fingerprint density at radius 3 is 1.94 bits per heavy atom. The van der Waals surface area contributed by atoms with E-state index in [0.29, 0.717) is 29.8 Å². The van der Waals surface area contributed by atoms with E-state index in [1.807, 2.05) is 13.8 Å². The Labute approximate surface area is 182 Å². The molecule has 166 valence electrons. The van der Waals surface area contributed by atoms with E-state index in [4.69, 9.17) is 0 Å². The van der Waals surface area contributed by atoms with Crippen molar-refractivity contribution in [3.05, 3.63) is 65.2 Å². The van der Waals surface area contributed by atoms with Crippen molar-refractivity contribution in [2.45, 2.75) is 32.2 Å². The molecule has 0 saturated carbocycles. The van der Waals surface area contributed by atoms with Crippen molar-refractivity contribution in [1.82, 2.24) is 14.9 Å². The number of rotatable bonds is 10. The first-order valence-electron chi connectivity index (χ1n) is 9.93. The standard InChI is InChI=1S/C22H27N3O5S/c1-4-25(5-2)21(27)15-23-22(28)19-8-6-17(7-9-19)14-24-31(29,30)20-12-10-18(11-13-20)16(3)26/h6-13,24H,4-5,14-15H2,1-3H3,(H,23,28). The molecular formula is C22H27N3O5S. The summed E-state index contributed by atoms with van der Waals surface area (Å²) in [5.41, 5.74) is 1.48. The van der Waals surface area contributed by atoms with Crippen LogP contribution in [0.4, 0.5) is 0 Å². The van der Waals surface area contributed by atoms with Crippen molar-refractivity contribution < 1.29 is 22.8 Å². The topological polar surface area (TPSA) is 113 Å². The fourth-order valence-corrected chi connectivity index (χ4v) is 3.87. The predicted octanol–water partition coefficient (Wildman–Crippen LogP) is 1.97. The summed E-state index contributed by atoms with van der Waals surface area (Å²) in [6, 6.07) is 12.1. The minimum Gasteiger partial charge on any atom is -0.343 e. The zero-order chi connectivity index (χ0) is 23.0. The van der Waals surface area contributed by atoms with Crippen LogP contribution in [0.15, 0.2) is 53.4 Å². The fraction of sp³-hybridized carbons (Fsp3) is 0.318. The van der Waals surface area contributed by atoms with Gasteiger partial charge in [-0.25, -0.2) is 13.1 Å². The second-order valence-electron chi connectivity index (χ2n) is 6.85. The molecule has 2 aromatic rings. The number of amides is 2. The Morgan fingerprint density at radius 2 is 1.42 bits per heavy atom. The zero-order valence-corrected chi connectivity index (χ0v) is 18.7. The first-order chi connectivity index (χ1) is 14.7. The number of hydrogen-bond donors (Lipinski definition) is 2. The van der Waals surface area contributed by atoms with Crippen molar-refractivity contribution in [2.75, 3.05) is 19.6 Å². The molecule has 0 aliphatic rings. The molecular weight excluding hydrogens is 418 g/mol. The number of carbonyl (C=O) groups excluding carboxylic acids is 3. The molecule has 0 bridgehead atoms. The van der Waals surface area contributed by atoms with Gasteiger partial charge in [-0.3, -0.25) is 14.4 Å². The van der Waals surface area contributed by atoms with E-state index in [0.717, 1.165) is 0 Å². The number of benzene rings is 2. The molecule has 0 unspecified atom stereocenters. The number of ketones is 1. The van der Waals surface area contributed by atoms with Gasteiger partial charge in [0.1, 0.15) is 0 Å². The second-order valence-corrected chi connectivity index (χ2v) is 8.62. The smallest absolute Gasteiger partial charge is 0.251 e. The Kier molecular flexibility index (Phi) is 8.47. The molecule has 0 aliphatic heterocycles. The summed E-state index contributed by atoms with van der Waals surface area (Å²) >= 11 is 0. The third kappa shape index (κ3) is 6.73. The normalized spacial score (nSPS) is 11.1. The summed E-state index contributed by atoms with van der Waals surface area (Å²) in [6.07, 6.45) is 0. The van der Waals surface area contributed by atoms with Crippen LogP contribution in [-0.2, 0) is 21.4 Å². The van der Waals surface area contributed by atoms with Crippen LogP contribution in [0.25, 0.3) is 0 Å². The molecule has 0 aromatic heterocycles. The number of carbonyl (C=O) groups is 3. The largest absolute Gasteiger partial charge is 0.343 e. The van der Waals surface area contributed by atoms with Crippen LogP contribution in [-0.4, -0.2) is 50.5 Å². The maximum Gasteiger partial charge on any atom is 0.251 e. The van der Waals surface area contributed by atoms with E-state index in [1.165, 1.54) is 31.2 Å². The molecule has 0 radical (unpaired) electrons. The van der Waals surface area contributed by atoms with Crippen molar-refractivity contribution in [3.8, 4) is 0 Å². The van der Waals surface area contributed by atoms with Crippen LogP contribution in [0.1, 0.15) is 47.1 Å². The van der Waals surface area contributed by atoms with Gasteiger partial charge in [0.15, 0.2) is 5.78 Å². The van der Waals surface area contributed by atoms with Crippen molar-refractivity contribution in [3.63, 3.8) is 0 Å². The predicted molar refractivity (Wildman–Crippen MR) is 117 cm³/mol. The lowest BCUT2D eigenvalue weighted by atomic mass is 10.1. The second kappa shape index (κ2) is 10.8. The van der Waals surface area contributed by atoms with E-state index < -0.39 is 10.0 Å². The highest BCUT2D eigenvalue weighted by atomic mass is 32.2. The SMILES string of the molecule is CCN(CC)C(=O)CNC(=O)c1ccc(CNS(=O)(=O)c2ccc(C(C)=O)cc2)cc1. The third-order valence-corrected chi connectivity index (χ3v) is 6.19. The minimum absolute atomic E-state index is 0.0408. The Bertz CT molecular complexity index is 1030. The number of sulfonamides is 1. The van der Waals surface area contributed by atoms with Crippen LogP contribution in [0, 0.1) is 0 Å². The summed E-state index contributed by atoms with van der Waals surface area (Å²) in [4.78, 5) is 37.2. The molecule has 2 amide bonds. The minimum atomic E-state index is -3.74. The zero-order valence-electron chi connectivity index (χ0n) is 17.8. The Balaban J connectivity index is 1.93. The van der Waals surface area contributed by atoms with Gasteiger partial charge in [-0.05, 0) is 50.6 Å². The summed E-state index contributed by atoms with van der Waals surface area (Å²) in [5.74, 6) is -0.669. The van der Waals surface area contributed by atoms with Crippen LogP contribution < -0.4 is 10.0 Å². The highest BCUT2D eigenvalue weighted by molar-refractivity contribution is 7.89. The van der Waals surface area contributed by atoms with Crippen molar-refractivity contribution in [1.29, 1.82) is 0 Å². The van der Waals surface area contributed by atoms with Gasteiger partial charge in [0, 0.05) is 30.8 Å². The summed E-state index contributed by atoms with van der Waals surface area (Å²) in [5, 5.41) is 2.59. The van der Waals surface area contributed by atoms with Crippen molar-refractivity contribution in [2.24, 2.45) is 0 Å². The molecule has 0 atom stereocenters. The van der Waals surface area contributed by atoms with Gasteiger partial charge in [0.2, 0.25) is 15.9 Å². The quantitative estimate of drug-likeness (QED) is 0.543. The fourth-order valence-electron chi connectivity index (χ4n) is 2.85. The molecule has 9 heteroatoms. The molecule has 2 N–H and O–H groups in total. The van der Waals surface area contributed by atoms with E-state index in [-0.39, 0.29) is 35.6 Å². The first kappa shape index (κ1) is 24.2. The maximum atomic E-state index is 12.4. The molecule has 2 rings (SSSR count). The van der Waals surface area contributed by atoms with Gasteiger partial charge in [-0.1, -0.05) is 24.3 Å². The average molecular weight is 446 g/mol. The van der Waals surface area contributed by atoms with Gasteiger partial charge in [0.05, 0.1) is 11.4 Å². The van der Waals surface area contributed by atoms with Crippen molar-refractivity contribution >= 4 is 27.6 Å². The Morgan fingerprint density at radius 1 is 0.871 bits per heavy atom. The van der Waals surface area contributed by atoms with E-state index in [1.54, 1.807) is 29.2 Å². The number of nitrogens with one attached hydrogen (secondary N) is 2. The lowest BCUT2D eigenvalue weighted by molar-refractivity contribution is -0.129. The van der Waals surface area contributed by atoms with Gasteiger partial charge >= 0.3 is 0 Å². The van der Waals surface area contributed by atoms with E-state index >= 15 is 0 Å².